The minimum Gasteiger partial charge on any atom is -0.457 e. The van der Waals surface area contributed by atoms with Crippen LogP contribution >= 0.6 is 0 Å². The van der Waals surface area contributed by atoms with Gasteiger partial charge < -0.3 is 39.4 Å². The SMILES string of the molecule is CCC/C=C\C/C=C\CCCCCCCC(=O)OC(COCCCCCCCCC/C=C\C/C=C\C/C=C\CCCCC)COC1OC(CO)C(O)C(O)C1O. The summed E-state index contributed by atoms with van der Waals surface area (Å²) < 4.78 is 22.8. The first-order valence-electron chi connectivity index (χ1n) is 22.4. The van der Waals surface area contributed by atoms with E-state index in [1.807, 2.05) is 0 Å². The molecule has 0 aromatic heterocycles. The molecule has 9 nitrogen and oxygen atoms in total. The molecule has 0 amide bonds. The van der Waals surface area contributed by atoms with Gasteiger partial charge in [-0.05, 0) is 77.0 Å². The third kappa shape index (κ3) is 29.2. The Bertz CT molecular complexity index is 1040. The highest BCUT2D eigenvalue weighted by Crippen LogP contribution is 2.22. The quantitative estimate of drug-likeness (QED) is 0.0276. The molecule has 1 saturated heterocycles. The molecule has 1 aliphatic rings. The molecule has 9 heteroatoms. The van der Waals surface area contributed by atoms with Crippen LogP contribution in [0.1, 0.15) is 168 Å². The van der Waals surface area contributed by atoms with Crippen molar-refractivity contribution in [3.05, 3.63) is 60.8 Å². The van der Waals surface area contributed by atoms with Crippen molar-refractivity contribution in [1.82, 2.24) is 0 Å². The van der Waals surface area contributed by atoms with E-state index in [1.54, 1.807) is 0 Å². The van der Waals surface area contributed by atoms with E-state index in [1.165, 1.54) is 57.8 Å². The average Bonchev–Trinajstić information content (AvgIpc) is 3.20. The molecule has 1 heterocycles. The largest absolute Gasteiger partial charge is 0.457 e. The van der Waals surface area contributed by atoms with Crippen molar-refractivity contribution in [3.63, 3.8) is 0 Å². The summed E-state index contributed by atoms with van der Waals surface area (Å²) in [6, 6.07) is 0. The summed E-state index contributed by atoms with van der Waals surface area (Å²) >= 11 is 0. The molecule has 6 atom stereocenters. The number of carbonyl (C=O) groups is 1. The maximum absolute atomic E-state index is 12.7. The molecule has 0 aliphatic carbocycles. The molecule has 0 bridgehead atoms. The molecule has 1 fully saturated rings. The third-order valence-corrected chi connectivity index (χ3v) is 9.89. The van der Waals surface area contributed by atoms with Crippen LogP contribution < -0.4 is 0 Å². The normalized spacial score (nSPS) is 21.1. The maximum atomic E-state index is 12.7. The predicted octanol–water partition coefficient (Wildman–Crippen LogP) is 9.91. The molecule has 0 aromatic carbocycles. The van der Waals surface area contributed by atoms with Gasteiger partial charge in [0.25, 0.3) is 0 Å². The highest BCUT2D eigenvalue weighted by atomic mass is 16.7. The standard InChI is InChI=1S/C47H82O9/c1-3-5-7-9-11-13-15-17-18-19-20-21-22-23-25-27-29-31-33-35-37-53-39-41(40-54-47-46(52)45(51)44(50)42(38-48)56-47)55-43(49)36-34-32-30-28-26-24-16-14-12-10-8-6-4-2/h8,10-11,13-14,16-18,20-21,41-42,44-48,50-52H,3-7,9,12,15,19,22-40H2,1-2H3/b10-8-,13-11-,16-14-,18-17-,21-20-. The Balaban J connectivity index is 2.27. The second-order valence-electron chi connectivity index (χ2n) is 15.1. The van der Waals surface area contributed by atoms with E-state index in [4.69, 9.17) is 18.9 Å². The van der Waals surface area contributed by atoms with Crippen LogP contribution in [0.4, 0.5) is 0 Å². The molecule has 0 spiro atoms. The second-order valence-corrected chi connectivity index (χ2v) is 15.1. The number of allylic oxidation sites excluding steroid dienone is 10. The van der Waals surface area contributed by atoms with E-state index in [9.17, 15) is 25.2 Å². The third-order valence-electron chi connectivity index (χ3n) is 9.89. The number of rotatable bonds is 37. The van der Waals surface area contributed by atoms with Crippen molar-refractivity contribution in [1.29, 1.82) is 0 Å². The van der Waals surface area contributed by atoms with Crippen molar-refractivity contribution >= 4 is 5.97 Å². The van der Waals surface area contributed by atoms with Gasteiger partial charge in [0.05, 0.1) is 19.8 Å². The molecular weight excluding hydrogens is 709 g/mol. The van der Waals surface area contributed by atoms with Crippen LogP contribution in [0.5, 0.6) is 0 Å². The summed E-state index contributed by atoms with van der Waals surface area (Å²) in [5, 5.41) is 40.1. The average molecular weight is 791 g/mol. The molecule has 0 saturated carbocycles. The Hall–Kier alpha value is -2.11. The maximum Gasteiger partial charge on any atom is 0.306 e. The van der Waals surface area contributed by atoms with Gasteiger partial charge in [-0.1, -0.05) is 145 Å². The molecule has 0 aromatic rings. The predicted molar refractivity (Wildman–Crippen MR) is 228 cm³/mol. The summed E-state index contributed by atoms with van der Waals surface area (Å²) in [4.78, 5) is 12.7. The Morgan fingerprint density at radius 2 is 1.07 bits per heavy atom. The zero-order chi connectivity index (χ0) is 40.7. The van der Waals surface area contributed by atoms with E-state index in [0.717, 1.165) is 89.9 Å². The summed E-state index contributed by atoms with van der Waals surface area (Å²) in [5.41, 5.74) is 0. The fourth-order valence-electron chi connectivity index (χ4n) is 6.36. The van der Waals surface area contributed by atoms with Crippen molar-refractivity contribution in [2.24, 2.45) is 0 Å². The summed E-state index contributed by atoms with van der Waals surface area (Å²) in [6.45, 7) is 4.41. The van der Waals surface area contributed by atoms with Gasteiger partial charge in [-0.15, -0.1) is 0 Å². The van der Waals surface area contributed by atoms with Gasteiger partial charge in [0.1, 0.15) is 30.5 Å². The fraction of sp³-hybridized carbons (Fsp3) is 0.766. The first-order chi connectivity index (χ1) is 27.4. The Labute approximate surface area is 341 Å². The fourth-order valence-corrected chi connectivity index (χ4v) is 6.36. The Kier molecular flexibility index (Phi) is 35.6. The number of hydrogen-bond acceptors (Lipinski definition) is 9. The first kappa shape index (κ1) is 51.9. The highest BCUT2D eigenvalue weighted by Gasteiger charge is 2.44. The van der Waals surface area contributed by atoms with Crippen LogP contribution in [-0.2, 0) is 23.7 Å². The van der Waals surface area contributed by atoms with Crippen LogP contribution in [0.25, 0.3) is 0 Å². The summed E-state index contributed by atoms with van der Waals surface area (Å²) in [5.74, 6) is -0.334. The number of ether oxygens (including phenoxy) is 4. The van der Waals surface area contributed by atoms with Gasteiger partial charge >= 0.3 is 5.97 Å². The number of unbranched alkanes of at least 4 members (excludes halogenated alkanes) is 16. The number of aliphatic hydroxyl groups excluding tert-OH is 4. The molecule has 324 valence electrons. The monoisotopic (exact) mass is 791 g/mol. The van der Waals surface area contributed by atoms with Gasteiger partial charge in [0, 0.05) is 13.0 Å². The molecule has 6 unspecified atom stereocenters. The number of aliphatic hydroxyl groups is 4. The van der Waals surface area contributed by atoms with Crippen LogP contribution in [0.3, 0.4) is 0 Å². The molecule has 1 rings (SSSR count). The zero-order valence-corrected chi connectivity index (χ0v) is 35.4. The van der Waals surface area contributed by atoms with Crippen molar-refractivity contribution in [2.45, 2.75) is 205 Å². The highest BCUT2D eigenvalue weighted by molar-refractivity contribution is 5.69. The van der Waals surface area contributed by atoms with Gasteiger partial charge in [-0.3, -0.25) is 4.79 Å². The number of carbonyl (C=O) groups excluding carboxylic acids is 1. The van der Waals surface area contributed by atoms with E-state index < -0.39 is 43.4 Å². The lowest BCUT2D eigenvalue weighted by atomic mass is 9.99. The van der Waals surface area contributed by atoms with Crippen LogP contribution in [0, 0.1) is 0 Å². The Morgan fingerprint density at radius 1 is 0.571 bits per heavy atom. The molecule has 56 heavy (non-hydrogen) atoms. The molecule has 0 radical (unpaired) electrons. The number of esters is 1. The first-order valence-corrected chi connectivity index (χ1v) is 22.4. The minimum atomic E-state index is -1.54. The van der Waals surface area contributed by atoms with E-state index in [0.29, 0.717) is 13.0 Å². The van der Waals surface area contributed by atoms with Gasteiger partial charge in [0.2, 0.25) is 0 Å². The molecule has 1 aliphatic heterocycles. The van der Waals surface area contributed by atoms with Crippen molar-refractivity contribution < 1.29 is 44.2 Å². The summed E-state index contributed by atoms with van der Waals surface area (Å²) in [6.07, 6.45) is 41.0. The van der Waals surface area contributed by atoms with Gasteiger partial charge in [-0.25, -0.2) is 0 Å². The van der Waals surface area contributed by atoms with Gasteiger partial charge in [-0.2, -0.15) is 0 Å². The van der Waals surface area contributed by atoms with Crippen molar-refractivity contribution in [3.8, 4) is 0 Å². The van der Waals surface area contributed by atoms with Crippen molar-refractivity contribution in [2.75, 3.05) is 26.4 Å². The lowest BCUT2D eigenvalue weighted by molar-refractivity contribution is -0.305. The topological polar surface area (TPSA) is 135 Å². The lowest BCUT2D eigenvalue weighted by Crippen LogP contribution is -2.59. The number of hydrogen-bond donors (Lipinski definition) is 4. The van der Waals surface area contributed by atoms with E-state index >= 15 is 0 Å². The second kappa shape index (κ2) is 38.4. The smallest absolute Gasteiger partial charge is 0.306 e. The molecule has 4 N–H and O–H groups in total. The summed E-state index contributed by atoms with van der Waals surface area (Å²) in [7, 11) is 0. The van der Waals surface area contributed by atoms with E-state index in [-0.39, 0.29) is 19.2 Å². The van der Waals surface area contributed by atoms with Gasteiger partial charge in [0.15, 0.2) is 6.29 Å². The van der Waals surface area contributed by atoms with Crippen LogP contribution in [-0.4, -0.2) is 89.6 Å². The minimum absolute atomic E-state index is 0.126. The lowest BCUT2D eigenvalue weighted by Gasteiger charge is -2.39. The van der Waals surface area contributed by atoms with E-state index in [2.05, 4.69) is 74.6 Å². The van der Waals surface area contributed by atoms with Crippen LogP contribution in [0.15, 0.2) is 60.8 Å². The van der Waals surface area contributed by atoms with Crippen LogP contribution in [0.2, 0.25) is 0 Å². The zero-order valence-electron chi connectivity index (χ0n) is 35.4. The Morgan fingerprint density at radius 3 is 1.62 bits per heavy atom. The molecular formula is C47H82O9.